The van der Waals surface area contributed by atoms with E-state index in [4.69, 9.17) is 4.74 Å². The molecule has 2 atom stereocenters. The van der Waals surface area contributed by atoms with Gasteiger partial charge in [0.25, 0.3) is 11.8 Å². The Labute approximate surface area is 170 Å². The highest BCUT2D eigenvalue weighted by Crippen LogP contribution is 2.29. The van der Waals surface area contributed by atoms with E-state index >= 15 is 0 Å². The van der Waals surface area contributed by atoms with E-state index in [1.165, 1.54) is 12.5 Å². The number of rotatable bonds is 6. The van der Waals surface area contributed by atoms with E-state index in [-0.39, 0.29) is 24.4 Å². The van der Waals surface area contributed by atoms with Gasteiger partial charge >= 0.3 is 5.97 Å². The second kappa shape index (κ2) is 9.37. The van der Waals surface area contributed by atoms with E-state index in [1.54, 1.807) is 12.1 Å². The van der Waals surface area contributed by atoms with E-state index in [0.29, 0.717) is 5.56 Å². The van der Waals surface area contributed by atoms with E-state index in [1.807, 2.05) is 37.3 Å². The summed E-state index contributed by atoms with van der Waals surface area (Å²) < 4.78 is 5.18. The van der Waals surface area contributed by atoms with Gasteiger partial charge in [0.05, 0.1) is 6.04 Å². The number of benzene rings is 2. The van der Waals surface area contributed by atoms with E-state index in [0.717, 1.165) is 30.4 Å². The normalized spacial score (nSPS) is 16.3. The summed E-state index contributed by atoms with van der Waals surface area (Å²) in [4.78, 5) is 36.6. The number of hydrogen-bond acceptors (Lipinski definition) is 4. The van der Waals surface area contributed by atoms with Gasteiger partial charge in [-0.15, -0.1) is 0 Å². The Balaban J connectivity index is 1.47. The van der Waals surface area contributed by atoms with Crippen LogP contribution in [0.4, 0.5) is 0 Å². The van der Waals surface area contributed by atoms with Crippen molar-refractivity contribution < 1.29 is 19.1 Å². The van der Waals surface area contributed by atoms with Crippen molar-refractivity contribution in [1.82, 2.24) is 10.6 Å². The average molecular weight is 394 g/mol. The number of aryl methyl sites for hydroxylation is 2. The standard InChI is InChI=1S/C23H26N2O4/c1-15-10-12-18(13-11-15)23(28)24-14-21(26)29-16(2)22(27)25-20-9-5-7-17-6-3-4-8-19(17)20/h3-4,6,8,10-13,16,20H,5,7,9,14H2,1-2H3,(H,24,28)(H,25,27)/t16-,20+/m0/s1. The summed E-state index contributed by atoms with van der Waals surface area (Å²) >= 11 is 0. The number of amides is 2. The number of nitrogens with one attached hydrogen (secondary N) is 2. The molecule has 0 saturated carbocycles. The maximum Gasteiger partial charge on any atom is 0.326 e. The smallest absolute Gasteiger partial charge is 0.326 e. The number of carbonyl (C=O) groups excluding carboxylic acids is 3. The molecule has 0 radical (unpaired) electrons. The van der Waals surface area contributed by atoms with Gasteiger partial charge < -0.3 is 15.4 Å². The van der Waals surface area contributed by atoms with Crippen LogP contribution in [0.3, 0.4) is 0 Å². The van der Waals surface area contributed by atoms with Gasteiger partial charge in [0.1, 0.15) is 6.54 Å². The van der Waals surface area contributed by atoms with E-state index in [9.17, 15) is 14.4 Å². The zero-order chi connectivity index (χ0) is 20.8. The molecule has 0 heterocycles. The number of esters is 1. The molecular weight excluding hydrogens is 368 g/mol. The van der Waals surface area contributed by atoms with Gasteiger partial charge in [-0.3, -0.25) is 14.4 Å². The zero-order valence-corrected chi connectivity index (χ0v) is 16.7. The predicted molar refractivity (Wildman–Crippen MR) is 109 cm³/mol. The number of ether oxygens (including phenoxy) is 1. The van der Waals surface area contributed by atoms with Crippen LogP contribution in [0.1, 0.15) is 52.9 Å². The molecule has 0 saturated heterocycles. The Kier molecular flexibility index (Phi) is 6.65. The highest BCUT2D eigenvalue weighted by molar-refractivity contribution is 5.96. The van der Waals surface area contributed by atoms with Crippen LogP contribution in [0.2, 0.25) is 0 Å². The van der Waals surface area contributed by atoms with Crippen molar-refractivity contribution in [1.29, 1.82) is 0 Å². The Hall–Kier alpha value is -3.15. The van der Waals surface area contributed by atoms with Crippen molar-refractivity contribution in [2.75, 3.05) is 6.54 Å². The third-order valence-corrected chi connectivity index (χ3v) is 5.07. The van der Waals surface area contributed by atoms with Crippen LogP contribution in [-0.4, -0.2) is 30.4 Å². The van der Waals surface area contributed by atoms with Crippen LogP contribution in [0, 0.1) is 6.92 Å². The molecule has 0 aromatic heterocycles. The molecule has 3 rings (SSSR count). The van der Waals surface area contributed by atoms with Crippen molar-refractivity contribution in [3.8, 4) is 0 Å². The molecule has 0 bridgehead atoms. The van der Waals surface area contributed by atoms with Crippen LogP contribution in [0.15, 0.2) is 48.5 Å². The lowest BCUT2D eigenvalue weighted by Gasteiger charge is -2.27. The first-order valence-corrected chi connectivity index (χ1v) is 9.86. The molecule has 0 spiro atoms. The van der Waals surface area contributed by atoms with Gasteiger partial charge in [-0.25, -0.2) is 0 Å². The molecule has 1 aliphatic rings. The van der Waals surface area contributed by atoms with Gasteiger partial charge in [0, 0.05) is 5.56 Å². The first-order chi connectivity index (χ1) is 13.9. The second-order valence-corrected chi connectivity index (χ2v) is 7.33. The van der Waals surface area contributed by atoms with Gasteiger partial charge in [-0.05, 0) is 56.4 Å². The molecule has 0 unspecified atom stereocenters. The first kappa shape index (κ1) is 20.6. The molecule has 2 amide bonds. The van der Waals surface area contributed by atoms with E-state index in [2.05, 4.69) is 16.7 Å². The second-order valence-electron chi connectivity index (χ2n) is 7.33. The van der Waals surface area contributed by atoms with Gasteiger partial charge in [-0.1, -0.05) is 42.0 Å². The molecule has 6 heteroatoms. The van der Waals surface area contributed by atoms with Crippen molar-refractivity contribution in [2.45, 2.75) is 45.3 Å². The number of carbonyl (C=O) groups is 3. The largest absolute Gasteiger partial charge is 0.451 e. The molecular formula is C23H26N2O4. The third-order valence-electron chi connectivity index (χ3n) is 5.07. The molecule has 2 aromatic carbocycles. The van der Waals surface area contributed by atoms with Gasteiger partial charge in [0.2, 0.25) is 0 Å². The Morgan fingerprint density at radius 2 is 1.83 bits per heavy atom. The highest BCUT2D eigenvalue weighted by Gasteiger charge is 2.25. The summed E-state index contributed by atoms with van der Waals surface area (Å²) in [5.41, 5.74) is 3.87. The Morgan fingerprint density at radius 3 is 2.59 bits per heavy atom. The maximum absolute atomic E-state index is 12.5. The fourth-order valence-corrected chi connectivity index (χ4v) is 3.44. The van der Waals surface area contributed by atoms with Crippen LogP contribution in [0.25, 0.3) is 0 Å². The summed E-state index contributed by atoms with van der Waals surface area (Å²) in [7, 11) is 0. The highest BCUT2D eigenvalue weighted by atomic mass is 16.5. The van der Waals surface area contributed by atoms with Crippen molar-refractivity contribution in [2.24, 2.45) is 0 Å². The first-order valence-electron chi connectivity index (χ1n) is 9.86. The molecule has 0 aliphatic heterocycles. The maximum atomic E-state index is 12.5. The minimum Gasteiger partial charge on any atom is -0.451 e. The molecule has 29 heavy (non-hydrogen) atoms. The summed E-state index contributed by atoms with van der Waals surface area (Å²) in [6, 6.07) is 15.0. The lowest BCUT2D eigenvalue weighted by molar-refractivity contribution is -0.154. The zero-order valence-electron chi connectivity index (χ0n) is 16.7. The SMILES string of the molecule is Cc1ccc(C(=O)NCC(=O)O[C@@H](C)C(=O)N[C@@H]2CCCc3ccccc32)cc1. The molecule has 2 aromatic rings. The fraction of sp³-hybridized carbons (Fsp3) is 0.348. The summed E-state index contributed by atoms with van der Waals surface area (Å²) in [5, 5.41) is 5.48. The van der Waals surface area contributed by atoms with Crippen molar-refractivity contribution in [3.63, 3.8) is 0 Å². The third kappa shape index (κ3) is 5.44. The molecule has 6 nitrogen and oxygen atoms in total. The molecule has 1 aliphatic carbocycles. The van der Waals surface area contributed by atoms with E-state index < -0.39 is 12.1 Å². The van der Waals surface area contributed by atoms with Gasteiger partial charge in [-0.2, -0.15) is 0 Å². The monoisotopic (exact) mass is 394 g/mol. The molecule has 2 N–H and O–H groups in total. The topological polar surface area (TPSA) is 84.5 Å². The summed E-state index contributed by atoms with van der Waals surface area (Å²) in [6.45, 7) is 3.16. The quantitative estimate of drug-likeness (QED) is 0.738. The summed E-state index contributed by atoms with van der Waals surface area (Å²) in [6.07, 6.45) is 1.93. The van der Waals surface area contributed by atoms with Crippen LogP contribution in [0.5, 0.6) is 0 Å². The summed E-state index contributed by atoms with van der Waals surface area (Å²) in [5.74, 6) is -1.36. The van der Waals surface area contributed by atoms with Crippen LogP contribution < -0.4 is 10.6 Å². The van der Waals surface area contributed by atoms with Crippen molar-refractivity contribution >= 4 is 17.8 Å². The number of fused-ring (bicyclic) bond motifs is 1. The molecule has 152 valence electrons. The predicted octanol–water partition coefficient (Wildman–Crippen LogP) is 2.85. The number of hydrogen-bond donors (Lipinski definition) is 2. The lowest BCUT2D eigenvalue weighted by Crippen LogP contribution is -2.41. The van der Waals surface area contributed by atoms with Crippen LogP contribution in [-0.2, 0) is 20.7 Å². The lowest BCUT2D eigenvalue weighted by atomic mass is 9.87. The fourth-order valence-electron chi connectivity index (χ4n) is 3.44. The minimum absolute atomic E-state index is 0.0742. The average Bonchev–Trinajstić information content (AvgIpc) is 2.72. The van der Waals surface area contributed by atoms with Crippen molar-refractivity contribution in [3.05, 3.63) is 70.8 Å². The molecule has 0 fully saturated rings. The van der Waals surface area contributed by atoms with Crippen LogP contribution >= 0.6 is 0 Å². The Bertz CT molecular complexity index is 892. The minimum atomic E-state index is -0.937. The van der Waals surface area contributed by atoms with Gasteiger partial charge in [0.15, 0.2) is 6.10 Å². The Morgan fingerprint density at radius 1 is 1.10 bits per heavy atom.